The molecule has 3 rings (SSSR count). The number of aryl methyl sites for hydroxylation is 1. The Bertz CT molecular complexity index is 583. The quantitative estimate of drug-likeness (QED) is 0.886. The van der Waals surface area contributed by atoms with Crippen LogP contribution in [0.1, 0.15) is 32.4 Å². The van der Waals surface area contributed by atoms with Crippen molar-refractivity contribution in [2.24, 2.45) is 0 Å². The average molecular weight is 286 g/mol. The summed E-state index contributed by atoms with van der Waals surface area (Å²) >= 11 is 0. The molecule has 1 atom stereocenters. The van der Waals surface area contributed by atoms with Crippen LogP contribution in [0.2, 0.25) is 0 Å². The predicted molar refractivity (Wildman–Crippen MR) is 87.4 cm³/mol. The number of hydrogen-bond acceptors (Lipinski definition) is 3. The molecule has 0 spiro atoms. The average Bonchev–Trinajstić information content (AvgIpc) is 3.14. The van der Waals surface area contributed by atoms with Crippen LogP contribution in [0.15, 0.2) is 24.3 Å². The molecule has 1 N–H and O–H groups in total. The first kappa shape index (κ1) is 14.5. The molecule has 1 aromatic heterocycles. The Morgan fingerprint density at radius 3 is 2.90 bits per heavy atom. The molecule has 21 heavy (non-hydrogen) atoms. The zero-order chi connectivity index (χ0) is 14.7. The van der Waals surface area contributed by atoms with E-state index in [1.807, 2.05) is 0 Å². The van der Waals surface area contributed by atoms with E-state index in [0.717, 1.165) is 26.2 Å². The summed E-state index contributed by atoms with van der Waals surface area (Å²) in [6.45, 7) is 9.65. The standard InChI is InChI=1S/C17H26N4/c1-3-20(12-14-8-7-11-18-14)13-16-15-9-5-6-10-17(15)21(4-2)19-16/h5-6,9-10,14,18H,3-4,7-8,11-13H2,1-2H3. The van der Waals surface area contributed by atoms with E-state index in [9.17, 15) is 0 Å². The molecule has 0 bridgehead atoms. The third kappa shape index (κ3) is 3.11. The summed E-state index contributed by atoms with van der Waals surface area (Å²) < 4.78 is 2.12. The van der Waals surface area contributed by atoms with Crippen LogP contribution in [0, 0.1) is 0 Å². The minimum atomic E-state index is 0.657. The maximum Gasteiger partial charge on any atom is 0.0843 e. The first-order chi connectivity index (χ1) is 10.3. The van der Waals surface area contributed by atoms with Crippen molar-refractivity contribution in [2.75, 3.05) is 19.6 Å². The first-order valence-electron chi connectivity index (χ1n) is 8.22. The molecule has 4 heteroatoms. The highest BCUT2D eigenvalue weighted by Crippen LogP contribution is 2.20. The smallest absolute Gasteiger partial charge is 0.0843 e. The molecule has 2 heterocycles. The van der Waals surface area contributed by atoms with E-state index in [-0.39, 0.29) is 0 Å². The van der Waals surface area contributed by atoms with Crippen molar-refractivity contribution in [3.8, 4) is 0 Å². The number of nitrogens with zero attached hydrogens (tertiary/aromatic N) is 3. The van der Waals surface area contributed by atoms with Gasteiger partial charge in [0.15, 0.2) is 0 Å². The van der Waals surface area contributed by atoms with Crippen LogP contribution in [0.5, 0.6) is 0 Å². The monoisotopic (exact) mass is 286 g/mol. The molecule has 0 amide bonds. The van der Waals surface area contributed by atoms with Gasteiger partial charge in [-0.2, -0.15) is 5.10 Å². The molecule has 0 saturated carbocycles. The molecule has 0 aliphatic carbocycles. The number of aromatic nitrogens is 2. The Morgan fingerprint density at radius 2 is 2.19 bits per heavy atom. The molecule has 2 aromatic rings. The van der Waals surface area contributed by atoms with Crippen LogP contribution >= 0.6 is 0 Å². The molecule has 1 saturated heterocycles. The van der Waals surface area contributed by atoms with Crippen molar-refractivity contribution in [1.29, 1.82) is 0 Å². The molecule has 1 unspecified atom stereocenters. The minimum absolute atomic E-state index is 0.657. The van der Waals surface area contributed by atoms with Gasteiger partial charge in [0.25, 0.3) is 0 Å². The summed E-state index contributed by atoms with van der Waals surface area (Å²) in [7, 11) is 0. The van der Waals surface area contributed by atoms with E-state index >= 15 is 0 Å². The normalized spacial score (nSPS) is 18.9. The van der Waals surface area contributed by atoms with Crippen molar-refractivity contribution < 1.29 is 0 Å². The maximum absolute atomic E-state index is 4.82. The topological polar surface area (TPSA) is 33.1 Å². The second kappa shape index (κ2) is 6.58. The number of hydrogen-bond donors (Lipinski definition) is 1. The highest BCUT2D eigenvalue weighted by molar-refractivity contribution is 5.81. The molecule has 4 nitrogen and oxygen atoms in total. The fourth-order valence-corrected chi connectivity index (χ4v) is 3.30. The SMILES string of the molecule is CCN(Cc1nn(CC)c2ccccc12)CC1CCCN1. The van der Waals surface area contributed by atoms with Gasteiger partial charge in [-0.05, 0) is 38.9 Å². The molecule has 1 aliphatic rings. The summed E-state index contributed by atoms with van der Waals surface area (Å²) in [5, 5.41) is 9.72. The van der Waals surface area contributed by atoms with E-state index < -0.39 is 0 Å². The third-order valence-corrected chi connectivity index (χ3v) is 4.50. The summed E-state index contributed by atoms with van der Waals surface area (Å²) in [5.41, 5.74) is 2.47. The van der Waals surface area contributed by atoms with Gasteiger partial charge in [0.1, 0.15) is 0 Å². The zero-order valence-corrected chi connectivity index (χ0v) is 13.2. The van der Waals surface area contributed by atoms with Crippen molar-refractivity contribution in [1.82, 2.24) is 20.0 Å². The van der Waals surface area contributed by atoms with E-state index in [0.29, 0.717) is 6.04 Å². The Morgan fingerprint density at radius 1 is 1.33 bits per heavy atom. The Kier molecular flexibility index (Phi) is 4.56. The lowest BCUT2D eigenvalue weighted by Crippen LogP contribution is -2.37. The highest BCUT2D eigenvalue weighted by Gasteiger charge is 2.19. The number of rotatable bonds is 6. The van der Waals surface area contributed by atoms with Crippen molar-refractivity contribution in [3.63, 3.8) is 0 Å². The van der Waals surface area contributed by atoms with Gasteiger partial charge in [0.05, 0.1) is 11.2 Å². The molecular weight excluding hydrogens is 260 g/mol. The fraction of sp³-hybridized carbons (Fsp3) is 0.588. The predicted octanol–water partition coefficient (Wildman–Crippen LogP) is 2.63. The first-order valence-corrected chi connectivity index (χ1v) is 8.22. The summed E-state index contributed by atoms with van der Waals surface area (Å²) in [6, 6.07) is 9.24. The van der Waals surface area contributed by atoms with Crippen molar-refractivity contribution >= 4 is 10.9 Å². The van der Waals surface area contributed by atoms with Crippen LogP contribution in [0.25, 0.3) is 10.9 Å². The number of likely N-dealkylation sites (N-methyl/N-ethyl adjacent to an activating group) is 1. The molecular formula is C17H26N4. The van der Waals surface area contributed by atoms with Gasteiger partial charge in [-0.25, -0.2) is 0 Å². The molecule has 0 radical (unpaired) electrons. The van der Waals surface area contributed by atoms with Crippen LogP contribution in [-0.4, -0.2) is 40.4 Å². The van der Waals surface area contributed by atoms with Crippen LogP contribution in [0.4, 0.5) is 0 Å². The van der Waals surface area contributed by atoms with Crippen molar-refractivity contribution in [3.05, 3.63) is 30.0 Å². The number of para-hydroxylation sites is 1. The van der Waals surface area contributed by atoms with Crippen LogP contribution in [-0.2, 0) is 13.1 Å². The van der Waals surface area contributed by atoms with Gasteiger partial charge < -0.3 is 5.32 Å². The van der Waals surface area contributed by atoms with Gasteiger partial charge in [-0.1, -0.05) is 25.1 Å². The Hall–Kier alpha value is -1.39. The highest BCUT2D eigenvalue weighted by atomic mass is 15.3. The van der Waals surface area contributed by atoms with Gasteiger partial charge >= 0.3 is 0 Å². The van der Waals surface area contributed by atoms with E-state index in [4.69, 9.17) is 5.10 Å². The second-order valence-corrected chi connectivity index (χ2v) is 5.90. The third-order valence-electron chi connectivity index (χ3n) is 4.50. The summed E-state index contributed by atoms with van der Waals surface area (Å²) in [5.74, 6) is 0. The molecule has 1 aliphatic heterocycles. The van der Waals surface area contributed by atoms with Crippen molar-refractivity contribution in [2.45, 2.75) is 45.8 Å². The van der Waals surface area contributed by atoms with Gasteiger partial charge in [-0.3, -0.25) is 9.58 Å². The van der Waals surface area contributed by atoms with E-state index in [1.54, 1.807) is 0 Å². The lowest BCUT2D eigenvalue weighted by atomic mass is 10.2. The maximum atomic E-state index is 4.82. The Balaban J connectivity index is 1.79. The van der Waals surface area contributed by atoms with Gasteiger partial charge in [0, 0.05) is 31.1 Å². The molecule has 1 fully saturated rings. The van der Waals surface area contributed by atoms with Crippen LogP contribution < -0.4 is 5.32 Å². The number of fused-ring (bicyclic) bond motifs is 1. The number of nitrogens with one attached hydrogen (secondary N) is 1. The van der Waals surface area contributed by atoms with E-state index in [2.05, 4.69) is 53.0 Å². The largest absolute Gasteiger partial charge is 0.313 e. The van der Waals surface area contributed by atoms with Gasteiger partial charge in [0.2, 0.25) is 0 Å². The lowest BCUT2D eigenvalue weighted by molar-refractivity contribution is 0.250. The lowest BCUT2D eigenvalue weighted by Gasteiger charge is -2.23. The van der Waals surface area contributed by atoms with E-state index in [1.165, 1.54) is 36.0 Å². The van der Waals surface area contributed by atoms with Crippen LogP contribution in [0.3, 0.4) is 0 Å². The summed E-state index contributed by atoms with van der Waals surface area (Å²) in [6.07, 6.45) is 2.62. The Labute approximate surface area is 127 Å². The summed E-state index contributed by atoms with van der Waals surface area (Å²) in [4.78, 5) is 2.51. The van der Waals surface area contributed by atoms with Gasteiger partial charge in [-0.15, -0.1) is 0 Å². The second-order valence-electron chi connectivity index (χ2n) is 5.90. The molecule has 1 aromatic carbocycles. The minimum Gasteiger partial charge on any atom is -0.313 e. The number of benzene rings is 1. The fourth-order valence-electron chi connectivity index (χ4n) is 3.30. The molecule has 114 valence electrons. The zero-order valence-electron chi connectivity index (χ0n) is 13.2.